The molecule has 1 aliphatic heterocycles. The molecule has 18 heavy (non-hydrogen) atoms. The number of rotatable bonds is 4. The second-order valence-electron chi connectivity index (χ2n) is 4.84. The van der Waals surface area contributed by atoms with Crippen LogP contribution in [0.1, 0.15) is 24.8 Å². The van der Waals surface area contributed by atoms with E-state index in [0.29, 0.717) is 13.0 Å². The largest absolute Gasteiger partial charge is 0.399 e. The second kappa shape index (κ2) is 5.76. The number of likely N-dealkylation sites (tertiary alicyclic amines) is 1. The van der Waals surface area contributed by atoms with Crippen molar-refractivity contribution in [1.82, 2.24) is 4.90 Å². The average Bonchev–Trinajstić information content (AvgIpc) is 2.85. The van der Waals surface area contributed by atoms with E-state index in [1.807, 2.05) is 30.0 Å². The minimum absolute atomic E-state index is 0.257. The van der Waals surface area contributed by atoms with Crippen molar-refractivity contribution in [3.8, 4) is 0 Å². The Hall–Kier alpha value is -1.71. The Morgan fingerprint density at radius 3 is 2.78 bits per heavy atom. The average molecular weight is 247 g/mol. The highest BCUT2D eigenvalue weighted by atomic mass is 16.2. The van der Waals surface area contributed by atoms with Crippen molar-refractivity contribution in [1.29, 1.82) is 0 Å². The molecular formula is C14H21N3O. The van der Waals surface area contributed by atoms with Crippen molar-refractivity contribution in [2.45, 2.75) is 26.2 Å². The van der Waals surface area contributed by atoms with Crippen LogP contribution in [0.2, 0.25) is 0 Å². The van der Waals surface area contributed by atoms with Crippen molar-refractivity contribution in [3.05, 3.63) is 23.8 Å². The Balaban J connectivity index is 1.79. The minimum Gasteiger partial charge on any atom is -0.399 e. The van der Waals surface area contributed by atoms with Gasteiger partial charge in [-0.15, -0.1) is 0 Å². The highest BCUT2D eigenvalue weighted by molar-refractivity contribution is 5.77. The molecule has 0 aromatic heterocycles. The van der Waals surface area contributed by atoms with E-state index in [2.05, 4.69) is 5.32 Å². The number of hydrogen-bond acceptors (Lipinski definition) is 3. The quantitative estimate of drug-likeness (QED) is 0.800. The maximum atomic E-state index is 11.8. The molecule has 2 rings (SSSR count). The predicted molar refractivity (Wildman–Crippen MR) is 74.5 cm³/mol. The topological polar surface area (TPSA) is 58.4 Å². The number of carbonyl (C=O) groups is 1. The summed E-state index contributed by atoms with van der Waals surface area (Å²) < 4.78 is 0. The smallest absolute Gasteiger partial charge is 0.224 e. The third-order valence-corrected chi connectivity index (χ3v) is 3.36. The molecule has 0 bridgehead atoms. The van der Waals surface area contributed by atoms with Crippen molar-refractivity contribution >= 4 is 17.3 Å². The fraction of sp³-hybridized carbons (Fsp3) is 0.500. The van der Waals surface area contributed by atoms with Crippen LogP contribution in [0.5, 0.6) is 0 Å². The summed E-state index contributed by atoms with van der Waals surface area (Å²) in [5.74, 6) is 0.257. The number of anilines is 2. The lowest BCUT2D eigenvalue weighted by Gasteiger charge is -2.16. The summed E-state index contributed by atoms with van der Waals surface area (Å²) in [6, 6.07) is 5.77. The number of hydrogen-bond donors (Lipinski definition) is 2. The van der Waals surface area contributed by atoms with Gasteiger partial charge in [-0.2, -0.15) is 0 Å². The molecule has 98 valence electrons. The number of nitrogens with zero attached hydrogens (tertiary/aromatic N) is 1. The molecule has 1 aromatic carbocycles. The SMILES string of the molecule is Cc1cc(N)ccc1NCCC(=O)N1CCCC1. The minimum atomic E-state index is 0.257. The van der Waals surface area contributed by atoms with Crippen LogP contribution in [-0.4, -0.2) is 30.4 Å². The van der Waals surface area contributed by atoms with E-state index >= 15 is 0 Å². The van der Waals surface area contributed by atoms with Gasteiger partial charge < -0.3 is 16.0 Å². The molecule has 1 heterocycles. The lowest BCUT2D eigenvalue weighted by Crippen LogP contribution is -2.29. The summed E-state index contributed by atoms with van der Waals surface area (Å²) >= 11 is 0. The first-order chi connectivity index (χ1) is 8.66. The van der Waals surface area contributed by atoms with Crippen LogP contribution in [-0.2, 0) is 4.79 Å². The molecule has 1 fully saturated rings. The molecule has 0 unspecified atom stereocenters. The first-order valence-corrected chi connectivity index (χ1v) is 6.54. The molecule has 0 radical (unpaired) electrons. The molecule has 0 atom stereocenters. The number of nitrogens with one attached hydrogen (secondary N) is 1. The van der Waals surface area contributed by atoms with E-state index in [-0.39, 0.29) is 5.91 Å². The fourth-order valence-electron chi connectivity index (χ4n) is 2.31. The zero-order valence-electron chi connectivity index (χ0n) is 10.9. The summed E-state index contributed by atoms with van der Waals surface area (Å²) in [5.41, 5.74) is 8.64. The van der Waals surface area contributed by atoms with Crippen LogP contribution in [0.3, 0.4) is 0 Å². The van der Waals surface area contributed by atoms with E-state index in [1.165, 1.54) is 0 Å². The summed E-state index contributed by atoms with van der Waals surface area (Å²) in [6.07, 6.45) is 2.86. The maximum absolute atomic E-state index is 11.8. The lowest BCUT2D eigenvalue weighted by atomic mass is 10.2. The fourth-order valence-corrected chi connectivity index (χ4v) is 2.31. The second-order valence-corrected chi connectivity index (χ2v) is 4.84. The van der Waals surface area contributed by atoms with Gasteiger partial charge in [0.2, 0.25) is 5.91 Å². The van der Waals surface area contributed by atoms with Crippen LogP contribution in [0, 0.1) is 6.92 Å². The molecule has 4 heteroatoms. The monoisotopic (exact) mass is 247 g/mol. The molecule has 0 spiro atoms. The van der Waals surface area contributed by atoms with Crippen molar-refractivity contribution < 1.29 is 4.79 Å². The van der Waals surface area contributed by atoms with E-state index in [1.54, 1.807) is 0 Å². The van der Waals surface area contributed by atoms with Crippen molar-refractivity contribution in [2.24, 2.45) is 0 Å². The maximum Gasteiger partial charge on any atom is 0.224 e. The molecule has 1 amide bonds. The molecule has 1 saturated heterocycles. The zero-order valence-corrected chi connectivity index (χ0v) is 10.9. The standard InChI is InChI=1S/C14H21N3O/c1-11-10-12(15)4-5-13(11)16-7-6-14(18)17-8-2-3-9-17/h4-5,10,16H,2-3,6-9,15H2,1H3. The van der Waals surface area contributed by atoms with E-state index in [4.69, 9.17) is 5.73 Å². The van der Waals surface area contributed by atoms with Crippen LogP contribution < -0.4 is 11.1 Å². The Bertz CT molecular complexity index is 425. The van der Waals surface area contributed by atoms with Gasteiger partial charge in [0, 0.05) is 37.4 Å². The molecule has 1 aliphatic rings. The number of carbonyl (C=O) groups excluding carboxylic acids is 1. The number of amides is 1. The number of aryl methyl sites for hydroxylation is 1. The van der Waals surface area contributed by atoms with Gasteiger partial charge in [-0.25, -0.2) is 0 Å². The molecule has 4 nitrogen and oxygen atoms in total. The van der Waals surface area contributed by atoms with Gasteiger partial charge in [0.15, 0.2) is 0 Å². The number of benzene rings is 1. The third-order valence-electron chi connectivity index (χ3n) is 3.36. The van der Waals surface area contributed by atoms with Gasteiger partial charge in [-0.1, -0.05) is 0 Å². The summed E-state index contributed by atoms with van der Waals surface area (Å²) in [4.78, 5) is 13.8. The summed E-state index contributed by atoms with van der Waals surface area (Å²) in [6.45, 7) is 4.56. The van der Waals surface area contributed by atoms with Gasteiger partial charge in [-0.3, -0.25) is 4.79 Å². The van der Waals surface area contributed by atoms with E-state index in [9.17, 15) is 4.79 Å². The molecule has 3 N–H and O–H groups in total. The van der Waals surface area contributed by atoms with Crippen LogP contribution in [0.25, 0.3) is 0 Å². The molecule has 0 aliphatic carbocycles. The summed E-state index contributed by atoms with van der Waals surface area (Å²) in [5, 5.41) is 3.29. The van der Waals surface area contributed by atoms with Gasteiger partial charge in [-0.05, 0) is 43.5 Å². The highest BCUT2D eigenvalue weighted by Gasteiger charge is 2.16. The van der Waals surface area contributed by atoms with Crippen LogP contribution >= 0.6 is 0 Å². The Morgan fingerprint density at radius 2 is 2.11 bits per heavy atom. The molecular weight excluding hydrogens is 226 g/mol. The number of nitrogens with two attached hydrogens (primary N) is 1. The van der Waals surface area contributed by atoms with E-state index < -0.39 is 0 Å². The zero-order chi connectivity index (χ0) is 13.0. The Morgan fingerprint density at radius 1 is 1.39 bits per heavy atom. The third kappa shape index (κ3) is 3.15. The molecule has 1 aromatic rings. The van der Waals surface area contributed by atoms with Crippen LogP contribution in [0.4, 0.5) is 11.4 Å². The first kappa shape index (κ1) is 12.7. The summed E-state index contributed by atoms with van der Waals surface area (Å²) in [7, 11) is 0. The van der Waals surface area contributed by atoms with E-state index in [0.717, 1.165) is 42.9 Å². The van der Waals surface area contributed by atoms with Crippen molar-refractivity contribution in [2.75, 3.05) is 30.7 Å². The van der Waals surface area contributed by atoms with Gasteiger partial charge >= 0.3 is 0 Å². The Kier molecular flexibility index (Phi) is 4.07. The van der Waals surface area contributed by atoms with Crippen molar-refractivity contribution in [3.63, 3.8) is 0 Å². The first-order valence-electron chi connectivity index (χ1n) is 6.54. The highest BCUT2D eigenvalue weighted by Crippen LogP contribution is 2.17. The normalized spacial score (nSPS) is 14.8. The Labute approximate surface area is 108 Å². The predicted octanol–water partition coefficient (Wildman–Crippen LogP) is 2.00. The van der Waals surface area contributed by atoms with Crippen LogP contribution in [0.15, 0.2) is 18.2 Å². The molecule has 0 saturated carbocycles. The van der Waals surface area contributed by atoms with Gasteiger partial charge in [0.1, 0.15) is 0 Å². The lowest BCUT2D eigenvalue weighted by molar-refractivity contribution is -0.129. The number of nitrogen functional groups attached to an aromatic ring is 1. The van der Waals surface area contributed by atoms with Gasteiger partial charge in [0.05, 0.1) is 0 Å². The van der Waals surface area contributed by atoms with Gasteiger partial charge in [0.25, 0.3) is 0 Å².